The lowest BCUT2D eigenvalue weighted by atomic mass is 10.1. The summed E-state index contributed by atoms with van der Waals surface area (Å²) >= 11 is 0. The third kappa shape index (κ3) is 5.65. The van der Waals surface area contributed by atoms with Crippen LogP contribution in [-0.2, 0) is 26.5 Å². The van der Waals surface area contributed by atoms with Crippen LogP contribution in [0.25, 0.3) is 10.9 Å². The van der Waals surface area contributed by atoms with Crippen LogP contribution in [0.5, 0.6) is 11.5 Å². The van der Waals surface area contributed by atoms with Crippen molar-refractivity contribution >= 4 is 32.2 Å². The van der Waals surface area contributed by atoms with Gasteiger partial charge in [0.1, 0.15) is 17.3 Å². The Labute approximate surface area is 203 Å². The highest BCUT2D eigenvalue weighted by molar-refractivity contribution is 7.91. The molecule has 4 rings (SSSR count). The molecule has 0 radical (unpaired) electrons. The molecule has 0 aliphatic carbocycles. The van der Waals surface area contributed by atoms with Crippen molar-refractivity contribution in [3.63, 3.8) is 0 Å². The van der Waals surface area contributed by atoms with E-state index >= 15 is 0 Å². The molecule has 8 nitrogen and oxygen atoms in total. The molecule has 35 heavy (non-hydrogen) atoms. The van der Waals surface area contributed by atoms with Crippen molar-refractivity contribution in [3.05, 3.63) is 72.4 Å². The van der Waals surface area contributed by atoms with Crippen LogP contribution in [0.15, 0.2) is 66.0 Å². The van der Waals surface area contributed by atoms with Gasteiger partial charge in [-0.05, 0) is 56.7 Å². The van der Waals surface area contributed by atoms with E-state index in [1.807, 2.05) is 20.8 Å². The van der Waals surface area contributed by atoms with Gasteiger partial charge in [0.25, 0.3) is 0 Å². The zero-order chi connectivity index (χ0) is 25.4. The molecule has 2 aromatic carbocycles. The predicted molar refractivity (Wildman–Crippen MR) is 133 cm³/mol. The van der Waals surface area contributed by atoms with Crippen molar-refractivity contribution in [1.29, 1.82) is 4.78 Å². The number of rotatable bonds is 6. The number of nitrogens with one attached hydrogen (secondary N) is 2. The molecule has 10 heteroatoms. The van der Waals surface area contributed by atoms with E-state index in [0.29, 0.717) is 27.2 Å². The number of hydrogen-bond donors (Lipinski definition) is 2. The Balaban J connectivity index is 1.50. The molecule has 0 bridgehead atoms. The number of carbonyl (C=O) groups is 1. The summed E-state index contributed by atoms with van der Waals surface area (Å²) in [6.45, 7) is 5.99. The number of fused-ring (bicyclic) bond motifs is 1. The smallest absolute Gasteiger partial charge is 0.228 e. The average Bonchev–Trinajstić information content (AvgIpc) is 3.24. The zero-order valence-electron chi connectivity index (χ0n) is 19.8. The van der Waals surface area contributed by atoms with Gasteiger partial charge < -0.3 is 10.1 Å². The SMILES string of the molecule is CC(C)(C)n1cc(NC(=O)Cc2ccc(Oc3ccnc4ccc(S(C)(=N)=O)cc34)cc2F)cn1. The van der Waals surface area contributed by atoms with Crippen molar-refractivity contribution in [2.45, 2.75) is 37.6 Å². The molecule has 0 saturated heterocycles. The number of halogens is 1. The minimum Gasteiger partial charge on any atom is -0.456 e. The second-order valence-electron chi connectivity index (χ2n) is 9.26. The minimum atomic E-state index is -2.92. The summed E-state index contributed by atoms with van der Waals surface area (Å²) in [6, 6.07) is 10.8. The van der Waals surface area contributed by atoms with Crippen LogP contribution < -0.4 is 10.1 Å². The summed E-state index contributed by atoms with van der Waals surface area (Å²) in [4.78, 5) is 17.0. The lowest BCUT2D eigenvalue weighted by Gasteiger charge is -2.18. The minimum absolute atomic E-state index is 0.150. The van der Waals surface area contributed by atoms with E-state index < -0.39 is 15.5 Å². The van der Waals surface area contributed by atoms with Crippen molar-refractivity contribution in [2.24, 2.45) is 0 Å². The van der Waals surface area contributed by atoms with Gasteiger partial charge in [-0.1, -0.05) is 6.07 Å². The van der Waals surface area contributed by atoms with Crippen molar-refractivity contribution in [1.82, 2.24) is 14.8 Å². The first-order valence-corrected chi connectivity index (χ1v) is 12.8. The van der Waals surface area contributed by atoms with Gasteiger partial charge >= 0.3 is 0 Å². The highest BCUT2D eigenvalue weighted by atomic mass is 32.2. The number of benzene rings is 2. The molecular formula is C25H26FN5O3S. The Hall–Kier alpha value is -3.79. The van der Waals surface area contributed by atoms with Gasteiger partial charge in [-0.15, -0.1) is 0 Å². The molecular weight excluding hydrogens is 469 g/mol. The first-order valence-electron chi connectivity index (χ1n) is 10.8. The lowest BCUT2D eigenvalue weighted by molar-refractivity contribution is -0.115. The van der Waals surface area contributed by atoms with E-state index in [0.717, 1.165) is 0 Å². The maximum atomic E-state index is 14.8. The number of nitrogens with zero attached hydrogens (tertiary/aromatic N) is 3. The Morgan fingerprint density at radius 2 is 1.97 bits per heavy atom. The van der Waals surface area contributed by atoms with Crippen molar-refractivity contribution < 1.29 is 18.1 Å². The summed E-state index contributed by atoms with van der Waals surface area (Å²) in [6.07, 6.45) is 6.03. The molecule has 1 unspecified atom stereocenters. The standard InChI is InChI=1S/C25H26FN5O3S/c1-25(2,3)31-15-17(14-29-31)30-24(32)11-16-5-6-18(12-21(16)26)34-23-9-10-28-22-8-7-19(13-20(22)23)35(4,27)33/h5-10,12-15,27H,11H2,1-4H3,(H,30,32). The van der Waals surface area contributed by atoms with Crippen LogP contribution in [-0.4, -0.2) is 31.1 Å². The predicted octanol–water partition coefficient (Wildman–Crippen LogP) is 5.33. The molecule has 0 aliphatic rings. The van der Waals surface area contributed by atoms with Crippen LogP contribution in [0.2, 0.25) is 0 Å². The topological polar surface area (TPSA) is 110 Å². The van der Waals surface area contributed by atoms with Crippen LogP contribution in [0.1, 0.15) is 26.3 Å². The monoisotopic (exact) mass is 495 g/mol. The van der Waals surface area contributed by atoms with Gasteiger partial charge in [0, 0.05) is 35.0 Å². The Kier molecular flexibility index (Phi) is 6.33. The van der Waals surface area contributed by atoms with Gasteiger partial charge in [0.05, 0.1) is 39.1 Å². The van der Waals surface area contributed by atoms with Crippen molar-refractivity contribution in [2.75, 3.05) is 11.6 Å². The number of hydrogen-bond acceptors (Lipinski definition) is 6. The third-order valence-electron chi connectivity index (χ3n) is 5.28. The molecule has 182 valence electrons. The molecule has 1 atom stereocenters. The molecule has 2 heterocycles. The normalized spacial score (nSPS) is 13.4. The number of pyridine rings is 1. The quantitative estimate of drug-likeness (QED) is 0.375. The first kappa shape index (κ1) is 24.3. The Morgan fingerprint density at radius 3 is 2.63 bits per heavy atom. The second-order valence-corrected chi connectivity index (χ2v) is 11.4. The largest absolute Gasteiger partial charge is 0.456 e. The maximum Gasteiger partial charge on any atom is 0.228 e. The summed E-state index contributed by atoms with van der Waals surface area (Å²) < 4.78 is 42.4. The maximum absolute atomic E-state index is 14.8. The summed E-state index contributed by atoms with van der Waals surface area (Å²) in [5.74, 6) is -0.317. The van der Waals surface area contributed by atoms with E-state index in [1.165, 1.54) is 18.4 Å². The Bertz CT molecular complexity index is 1520. The lowest BCUT2D eigenvalue weighted by Crippen LogP contribution is -2.22. The van der Waals surface area contributed by atoms with Crippen LogP contribution in [0.3, 0.4) is 0 Å². The molecule has 0 saturated carbocycles. The molecule has 0 aliphatic heterocycles. The van der Waals surface area contributed by atoms with Crippen LogP contribution >= 0.6 is 0 Å². The molecule has 1 amide bonds. The van der Waals surface area contributed by atoms with E-state index in [-0.39, 0.29) is 29.2 Å². The number of ether oxygens (including phenoxy) is 1. The summed E-state index contributed by atoms with van der Waals surface area (Å²) in [7, 11) is -2.92. The fourth-order valence-electron chi connectivity index (χ4n) is 3.43. The van der Waals surface area contributed by atoms with Gasteiger partial charge in [-0.25, -0.2) is 13.4 Å². The second kappa shape index (κ2) is 9.10. The average molecular weight is 496 g/mol. The van der Waals surface area contributed by atoms with E-state index in [9.17, 15) is 13.4 Å². The number of anilines is 1. The number of aromatic nitrogens is 3. The molecule has 0 fully saturated rings. The first-order chi connectivity index (χ1) is 16.4. The van der Waals surface area contributed by atoms with Gasteiger partial charge in [0.15, 0.2) is 0 Å². The fraction of sp³-hybridized carbons (Fsp3) is 0.240. The summed E-state index contributed by atoms with van der Waals surface area (Å²) in [5, 5.41) is 7.54. The van der Waals surface area contributed by atoms with E-state index in [4.69, 9.17) is 9.52 Å². The Morgan fingerprint density at radius 1 is 1.20 bits per heavy atom. The summed E-state index contributed by atoms with van der Waals surface area (Å²) in [5.41, 5.74) is 1.14. The van der Waals surface area contributed by atoms with Gasteiger partial charge in [-0.2, -0.15) is 5.10 Å². The van der Waals surface area contributed by atoms with E-state index in [1.54, 1.807) is 53.6 Å². The molecule has 2 N–H and O–H groups in total. The zero-order valence-corrected chi connectivity index (χ0v) is 20.6. The third-order valence-corrected chi connectivity index (χ3v) is 6.43. The van der Waals surface area contributed by atoms with Gasteiger partial charge in [0.2, 0.25) is 5.91 Å². The van der Waals surface area contributed by atoms with Crippen LogP contribution in [0, 0.1) is 10.6 Å². The van der Waals surface area contributed by atoms with E-state index in [2.05, 4.69) is 15.4 Å². The number of carbonyl (C=O) groups excluding carboxylic acids is 1. The molecule has 2 aromatic heterocycles. The fourth-order valence-corrected chi connectivity index (χ4v) is 4.10. The van der Waals surface area contributed by atoms with Gasteiger partial charge in [-0.3, -0.25) is 14.5 Å². The highest BCUT2D eigenvalue weighted by Gasteiger charge is 2.16. The highest BCUT2D eigenvalue weighted by Crippen LogP contribution is 2.31. The molecule has 4 aromatic rings. The van der Waals surface area contributed by atoms with Crippen molar-refractivity contribution in [3.8, 4) is 11.5 Å². The van der Waals surface area contributed by atoms with Crippen LogP contribution in [0.4, 0.5) is 10.1 Å². The number of amides is 1. The molecule has 0 spiro atoms.